The number of carbonyl (C=O) groups is 1. The Balaban J connectivity index is 1.97. The van der Waals surface area contributed by atoms with Gasteiger partial charge in [-0.3, -0.25) is 9.69 Å². The Morgan fingerprint density at radius 2 is 2.17 bits per heavy atom. The van der Waals surface area contributed by atoms with Gasteiger partial charge in [-0.25, -0.2) is 0 Å². The van der Waals surface area contributed by atoms with E-state index in [0.717, 1.165) is 26.0 Å². The number of benzene rings is 1. The maximum absolute atomic E-state index is 10.7. The number of rotatable bonds is 4. The molecular weight excluding hydrogens is 224 g/mol. The summed E-state index contributed by atoms with van der Waals surface area (Å²) in [5.41, 5.74) is 1.34. The van der Waals surface area contributed by atoms with E-state index in [9.17, 15) is 4.79 Å². The summed E-state index contributed by atoms with van der Waals surface area (Å²) in [5, 5.41) is 2.97. The average Bonchev–Trinajstić information content (AvgIpc) is 2.54. The minimum atomic E-state index is 0.286. The molecule has 18 heavy (non-hydrogen) atoms. The van der Waals surface area contributed by atoms with Crippen LogP contribution in [0, 0.1) is 5.92 Å². The van der Waals surface area contributed by atoms with Crippen LogP contribution in [-0.2, 0) is 11.3 Å². The van der Waals surface area contributed by atoms with Crippen molar-refractivity contribution in [1.82, 2.24) is 10.2 Å². The zero-order chi connectivity index (χ0) is 12.8. The zero-order valence-corrected chi connectivity index (χ0v) is 11.0. The van der Waals surface area contributed by atoms with Crippen LogP contribution in [0.3, 0.4) is 0 Å². The summed E-state index contributed by atoms with van der Waals surface area (Å²) >= 11 is 0. The van der Waals surface area contributed by atoms with Crippen LogP contribution in [0.25, 0.3) is 0 Å². The first-order valence-corrected chi connectivity index (χ1v) is 6.75. The van der Waals surface area contributed by atoms with Gasteiger partial charge in [0.25, 0.3) is 0 Å². The molecule has 3 heteroatoms. The van der Waals surface area contributed by atoms with Crippen LogP contribution >= 0.6 is 0 Å². The van der Waals surface area contributed by atoms with Crippen LogP contribution in [0.4, 0.5) is 0 Å². The van der Waals surface area contributed by atoms with Crippen molar-refractivity contribution in [3.63, 3.8) is 0 Å². The normalized spacial score (nSPS) is 25.4. The third-order valence-corrected chi connectivity index (χ3v) is 3.81. The van der Waals surface area contributed by atoms with Crippen molar-refractivity contribution in [2.75, 3.05) is 13.1 Å². The van der Waals surface area contributed by atoms with Crippen LogP contribution in [0.15, 0.2) is 30.3 Å². The monoisotopic (exact) mass is 246 g/mol. The zero-order valence-electron chi connectivity index (χ0n) is 11.0. The van der Waals surface area contributed by atoms with Gasteiger partial charge >= 0.3 is 0 Å². The molecule has 1 amide bonds. The molecule has 1 aromatic carbocycles. The number of nitrogens with zero attached hydrogens (tertiary/aromatic N) is 1. The molecule has 1 N–H and O–H groups in total. The number of hydrogen-bond donors (Lipinski definition) is 1. The van der Waals surface area contributed by atoms with Gasteiger partial charge in [0.15, 0.2) is 0 Å². The van der Waals surface area contributed by atoms with Crippen molar-refractivity contribution in [3.8, 4) is 0 Å². The molecule has 1 fully saturated rings. The summed E-state index contributed by atoms with van der Waals surface area (Å²) in [6.45, 7) is 5.28. The first-order valence-electron chi connectivity index (χ1n) is 6.75. The number of likely N-dealkylation sites (tertiary alicyclic amines) is 1. The molecule has 0 aliphatic carbocycles. The van der Waals surface area contributed by atoms with Crippen molar-refractivity contribution < 1.29 is 4.79 Å². The Labute approximate surface area is 109 Å². The van der Waals surface area contributed by atoms with Gasteiger partial charge in [0, 0.05) is 19.1 Å². The second-order valence-corrected chi connectivity index (χ2v) is 5.23. The summed E-state index contributed by atoms with van der Waals surface area (Å²) < 4.78 is 0. The van der Waals surface area contributed by atoms with Gasteiger partial charge < -0.3 is 5.32 Å². The molecule has 0 spiro atoms. The summed E-state index contributed by atoms with van der Waals surface area (Å²) in [7, 11) is 0. The van der Waals surface area contributed by atoms with E-state index < -0.39 is 0 Å². The molecule has 0 saturated carbocycles. The fourth-order valence-corrected chi connectivity index (χ4v) is 2.68. The average molecular weight is 246 g/mol. The minimum Gasteiger partial charge on any atom is -0.354 e. The Bertz CT molecular complexity index is 366. The summed E-state index contributed by atoms with van der Waals surface area (Å²) in [6.07, 6.45) is 3.25. The highest BCUT2D eigenvalue weighted by Crippen LogP contribution is 2.18. The van der Waals surface area contributed by atoms with Crippen molar-refractivity contribution in [3.05, 3.63) is 35.9 Å². The Kier molecular flexibility index (Phi) is 4.76. The molecule has 1 aliphatic rings. The molecular formula is C15H22N2O. The second kappa shape index (κ2) is 6.55. The lowest BCUT2D eigenvalue weighted by Gasteiger charge is -2.26. The SMILES string of the molecule is C[C@@H]1CCCN(Cc2ccccc2)C[C@@H]1NC=O. The third-order valence-electron chi connectivity index (χ3n) is 3.81. The van der Waals surface area contributed by atoms with Gasteiger partial charge in [0.2, 0.25) is 6.41 Å². The van der Waals surface area contributed by atoms with Gasteiger partial charge in [-0.1, -0.05) is 37.3 Å². The smallest absolute Gasteiger partial charge is 0.207 e. The first kappa shape index (κ1) is 13.1. The molecule has 1 saturated heterocycles. The molecule has 2 atom stereocenters. The molecule has 0 bridgehead atoms. The van der Waals surface area contributed by atoms with Crippen LogP contribution in [0.1, 0.15) is 25.3 Å². The fourth-order valence-electron chi connectivity index (χ4n) is 2.68. The van der Waals surface area contributed by atoms with Gasteiger partial charge in [-0.05, 0) is 30.9 Å². The van der Waals surface area contributed by atoms with Crippen molar-refractivity contribution in [1.29, 1.82) is 0 Å². The molecule has 0 radical (unpaired) electrons. The van der Waals surface area contributed by atoms with E-state index in [2.05, 4.69) is 41.4 Å². The van der Waals surface area contributed by atoms with E-state index in [0.29, 0.717) is 5.92 Å². The van der Waals surface area contributed by atoms with Crippen molar-refractivity contribution in [2.24, 2.45) is 5.92 Å². The van der Waals surface area contributed by atoms with E-state index in [1.165, 1.54) is 18.4 Å². The Hall–Kier alpha value is -1.35. The highest BCUT2D eigenvalue weighted by atomic mass is 16.1. The Morgan fingerprint density at radius 1 is 1.39 bits per heavy atom. The lowest BCUT2D eigenvalue weighted by atomic mass is 9.98. The maximum atomic E-state index is 10.7. The second-order valence-electron chi connectivity index (χ2n) is 5.23. The lowest BCUT2D eigenvalue weighted by molar-refractivity contribution is -0.110. The van der Waals surface area contributed by atoms with Crippen LogP contribution in [0.2, 0.25) is 0 Å². The third kappa shape index (κ3) is 3.57. The van der Waals surface area contributed by atoms with Crippen molar-refractivity contribution >= 4 is 6.41 Å². The molecule has 0 aromatic heterocycles. The molecule has 1 heterocycles. The largest absolute Gasteiger partial charge is 0.354 e. The van der Waals surface area contributed by atoms with E-state index in [1.807, 2.05) is 6.07 Å². The minimum absolute atomic E-state index is 0.286. The molecule has 0 unspecified atom stereocenters. The van der Waals surface area contributed by atoms with Gasteiger partial charge in [0.1, 0.15) is 0 Å². The highest BCUT2D eigenvalue weighted by Gasteiger charge is 2.23. The van der Waals surface area contributed by atoms with Crippen LogP contribution < -0.4 is 5.32 Å². The molecule has 98 valence electrons. The molecule has 1 aliphatic heterocycles. The molecule has 1 aromatic rings. The standard InChI is InChI=1S/C15H22N2O/c1-13-6-5-9-17(11-15(13)16-12-18)10-14-7-3-2-4-8-14/h2-4,7-8,12-13,15H,5-6,9-11H2,1H3,(H,16,18)/t13-,15+/m1/s1. The van der Waals surface area contributed by atoms with Crippen LogP contribution in [0.5, 0.6) is 0 Å². The van der Waals surface area contributed by atoms with Gasteiger partial charge in [0.05, 0.1) is 0 Å². The summed E-state index contributed by atoms with van der Waals surface area (Å²) in [6, 6.07) is 10.8. The highest BCUT2D eigenvalue weighted by molar-refractivity contribution is 5.46. The van der Waals surface area contributed by atoms with E-state index in [-0.39, 0.29) is 6.04 Å². The predicted octanol–water partition coefficient (Wildman–Crippen LogP) is 2.03. The molecule has 2 rings (SSSR count). The number of hydrogen-bond acceptors (Lipinski definition) is 2. The fraction of sp³-hybridized carbons (Fsp3) is 0.533. The molecule has 3 nitrogen and oxygen atoms in total. The summed E-state index contributed by atoms with van der Waals surface area (Å²) in [4.78, 5) is 13.1. The summed E-state index contributed by atoms with van der Waals surface area (Å²) in [5.74, 6) is 0.566. The quantitative estimate of drug-likeness (QED) is 0.825. The van der Waals surface area contributed by atoms with E-state index in [4.69, 9.17) is 0 Å². The number of nitrogens with one attached hydrogen (secondary N) is 1. The van der Waals surface area contributed by atoms with Crippen LogP contribution in [-0.4, -0.2) is 30.4 Å². The van der Waals surface area contributed by atoms with Gasteiger partial charge in [-0.2, -0.15) is 0 Å². The maximum Gasteiger partial charge on any atom is 0.207 e. The van der Waals surface area contributed by atoms with Gasteiger partial charge in [-0.15, -0.1) is 0 Å². The van der Waals surface area contributed by atoms with E-state index in [1.54, 1.807) is 0 Å². The topological polar surface area (TPSA) is 32.3 Å². The lowest BCUT2D eigenvalue weighted by Crippen LogP contribution is -2.42. The van der Waals surface area contributed by atoms with E-state index >= 15 is 0 Å². The Morgan fingerprint density at radius 3 is 2.89 bits per heavy atom. The number of carbonyl (C=O) groups excluding carboxylic acids is 1. The predicted molar refractivity (Wildman–Crippen MR) is 73.1 cm³/mol. The van der Waals surface area contributed by atoms with Crippen molar-refractivity contribution in [2.45, 2.75) is 32.4 Å². The number of amides is 1. The first-order chi connectivity index (χ1) is 8.79.